The van der Waals surface area contributed by atoms with Crippen LogP contribution in [-0.4, -0.2) is 13.2 Å². The number of nitrogens with zero attached hydrogens (tertiary/aromatic N) is 1. The van der Waals surface area contributed by atoms with Crippen LogP contribution in [0.3, 0.4) is 0 Å². The minimum absolute atomic E-state index is 0.438. The van der Waals surface area contributed by atoms with E-state index in [4.69, 9.17) is 20.8 Å². The molecule has 0 aliphatic carbocycles. The molecule has 0 aromatic heterocycles. The van der Waals surface area contributed by atoms with Crippen LogP contribution in [0.15, 0.2) is 46.9 Å². The van der Waals surface area contributed by atoms with Crippen molar-refractivity contribution in [3.8, 4) is 11.5 Å². The molecule has 4 nitrogen and oxygen atoms in total. The van der Waals surface area contributed by atoms with Gasteiger partial charge in [-0.3, -0.25) is 0 Å². The fraction of sp³-hybridized carbons (Fsp3) is 0.278. The van der Waals surface area contributed by atoms with E-state index < -0.39 is 6.29 Å². The van der Waals surface area contributed by atoms with Gasteiger partial charge in [0.2, 0.25) is 0 Å². The van der Waals surface area contributed by atoms with Crippen LogP contribution in [0.1, 0.15) is 25.7 Å². The zero-order valence-electron chi connectivity index (χ0n) is 13.1. The normalized spacial score (nSPS) is 10.6. The SMILES string of the molecule is [C-]#[N+]c1ccc(Oc2ccc(Br)c(C(OCC)OCC)c2)cc1. The molecule has 0 aliphatic rings. The van der Waals surface area contributed by atoms with Crippen molar-refractivity contribution >= 4 is 21.6 Å². The molecule has 0 saturated heterocycles. The van der Waals surface area contributed by atoms with Crippen molar-refractivity contribution in [2.75, 3.05) is 13.2 Å². The van der Waals surface area contributed by atoms with Gasteiger partial charge in [0.25, 0.3) is 0 Å². The lowest BCUT2D eigenvalue weighted by Gasteiger charge is -2.19. The lowest BCUT2D eigenvalue weighted by Crippen LogP contribution is -2.09. The van der Waals surface area contributed by atoms with Gasteiger partial charge in [-0.2, -0.15) is 0 Å². The van der Waals surface area contributed by atoms with E-state index in [-0.39, 0.29) is 0 Å². The Bertz CT molecular complexity index is 674. The molecule has 23 heavy (non-hydrogen) atoms. The Morgan fingerprint density at radius 1 is 1.00 bits per heavy atom. The molecule has 0 amide bonds. The topological polar surface area (TPSA) is 32.0 Å². The van der Waals surface area contributed by atoms with Gasteiger partial charge in [0, 0.05) is 23.2 Å². The molecule has 0 atom stereocenters. The maximum atomic E-state index is 6.96. The molecule has 2 rings (SSSR count). The molecule has 2 aromatic carbocycles. The first-order valence-corrected chi connectivity index (χ1v) is 8.15. The zero-order chi connectivity index (χ0) is 16.7. The standard InChI is InChI=1S/C18H18BrNO3/c1-4-21-18(22-5-2)16-12-15(10-11-17(16)19)23-14-8-6-13(20-3)7-9-14/h6-12,18H,4-5H2,1-2H3. The van der Waals surface area contributed by atoms with Crippen molar-refractivity contribution in [3.63, 3.8) is 0 Å². The summed E-state index contributed by atoms with van der Waals surface area (Å²) >= 11 is 3.53. The van der Waals surface area contributed by atoms with Crippen LogP contribution in [0, 0.1) is 6.57 Å². The number of hydrogen-bond acceptors (Lipinski definition) is 3. The van der Waals surface area contributed by atoms with Crippen LogP contribution in [-0.2, 0) is 9.47 Å². The highest BCUT2D eigenvalue weighted by Gasteiger charge is 2.16. The third kappa shape index (κ3) is 4.80. The summed E-state index contributed by atoms with van der Waals surface area (Å²) < 4.78 is 18.0. The highest BCUT2D eigenvalue weighted by atomic mass is 79.9. The fourth-order valence-corrected chi connectivity index (χ4v) is 2.45. The van der Waals surface area contributed by atoms with Gasteiger partial charge >= 0.3 is 0 Å². The number of ether oxygens (including phenoxy) is 3. The van der Waals surface area contributed by atoms with E-state index in [0.29, 0.717) is 30.4 Å². The van der Waals surface area contributed by atoms with Gasteiger partial charge < -0.3 is 14.2 Å². The van der Waals surface area contributed by atoms with Crippen LogP contribution in [0.5, 0.6) is 11.5 Å². The van der Waals surface area contributed by atoms with E-state index in [1.807, 2.05) is 32.0 Å². The smallest absolute Gasteiger partial charge is 0.187 e. The number of halogens is 1. The summed E-state index contributed by atoms with van der Waals surface area (Å²) in [4.78, 5) is 3.36. The summed E-state index contributed by atoms with van der Waals surface area (Å²) in [6, 6.07) is 12.7. The van der Waals surface area contributed by atoms with Gasteiger partial charge in [0.1, 0.15) is 11.5 Å². The quantitative estimate of drug-likeness (QED) is 0.448. The minimum atomic E-state index is -0.438. The van der Waals surface area contributed by atoms with Crippen molar-refractivity contribution in [2.24, 2.45) is 0 Å². The predicted molar refractivity (Wildman–Crippen MR) is 92.9 cm³/mol. The molecule has 0 heterocycles. The van der Waals surface area contributed by atoms with Gasteiger partial charge in [-0.05, 0) is 44.2 Å². The van der Waals surface area contributed by atoms with Crippen LogP contribution in [0.2, 0.25) is 0 Å². The molecule has 2 aromatic rings. The minimum Gasteiger partial charge on any atom is -0.457 e. The van der Waals surface area contributed by atoms with Crippen LogP contribution < -0.4 is 4.74 Å². The molecule has 0 bridgehead atoms. The maximum Gasteiger partial charge on any atom is 0.187 e. The first-order chi connectivity index (χ1) is 11.2. The molecule has 0 spiro atoms. The largest absolute Gasteiger partial charge is 0.457 e. The Morgan fingerprint density at radius 3 is 2.17 bits per heavy atom. The van der Waals surface area contributed by atoms with Crippen molar-refractivity contribution in [1.29, 1.82) is 0 Å². The molecule has 0 N–H and O–H groups in total. The Labute approximate surface area is 144 Å². The van der Waals surface area contributed by atoms with E-state index in [1.165, 1.54) is 0 Å². The summed E-state index contributed by atoms with van der Waals surface area (Å²) in [6.07, 6.45) is -0.438. The van der Waals surface area contributed by atoms with Crippen LogP contribution in [0.4, 0.5) is 5.69 Å². The highest BCUT2D eigenvalue weighted by Crippen LogP contribution is 2.33. The lowest BCUT2D eigenvalue weighted by atomic mass is 10.2. The van der Waals surface area contributed by atoms with E-state index >= 15 is 0 Å². The number of benzene rings is 2. The predicted octanol–water partition coefficient (Wildman–Crippen LogP) is 5.86. The second kappa shape index (κ2) is 8.68. The maximum absolute atomic E-state index is 6.96. The second-order valence-electron chi connectivity index (χ2n) is 4.63. The monoisotopic (exact) mass is 375 g/mol. The summed E-state index contributed by atoms with van der Waals surface area (Å²) in [7, 11) is 0. The summed E-state index contributed by atoms with van der Waals surface area (Å²) in [5.74, 6) is 1.36. The molecule has 0 aliphatic heterocycles. The number of rotatable bonds is 7. The highest BCUT2D eigenvalue weighted by molar-refractivity contribution is 9.10. The molecule has 0 fully saturated rings. The summed E-state index contributed by atoms with van der Waals surface area (Å²) in [5, 5.41) is 0. The first-order valence-electron chi connectivity index (χ1n) is 7.36. The molecule has 0 radical (unpaired) electrons. The van der Waals surface area contributed by atoms with Crippen LogP contribution >= 0.6 is 15.9 Å². The van der Waals surface area contributed by atoms with E-state index in [2.05, 4.69) is 20.8 Å². The van der Waals surface area contributed by atoms with Crippen molar-refractivity contribution in [2.45, 2.75) is 20.1 Å². The molecular weight excluding hydrogens is 358 g/mol. The Morgan fingerprint density at radius 2 is 1.61 bits per heavy atom. The zero-order valence-corrected chi connectivity index (χ0v) is 14.7. The number of hydrogen-bond donors (Lipinski definition) is 0. The Balaban J connectivity index is 2.22. The Hall–Kier alpha value is -1.87. The molecule has 120 valence electrons. The van der Waals surface area contributed by atoms with E-state index in [9.17, 15) is 0 Å². The van der Waals surface area contributed by atoms with E-state index in [0.717, 1.165) is 10.0 Å². The average molecular weight is 376 g/mol. The van der Waals surface area contributed by atoms with Gasteiger partial charge in [-0.25, -0.2) is 4.85 Å². The van der Waals surface area contributed by atoms with Crippen molar-refractivity contribution in [1.82, 2.24) is 0 Å². The third-order valence-corrected chi connectivity index (χ3v) is 3.78. The van der Waals surface area contributed by atoms with Crippen LogP contribution in [0.25, 0.3) is 4.85 Å². The van der Waals surface area contributed by atoms with E-state index in [1.54, 1.807) is 24.3 Å². The third-order valence-electron chi connectivity index (χ3n) is 3.06. The van der Waals surface area contributed by atoms with Gasteiger partial charge in [0.15, 0.2) is 12.0 Å². The molecule has 5 heteroatoms. The van der Waals surface area contributed by atoms with Gasteiger partial charge in [0.05, 0.1) is 6.57 Å². The van der Waals surface area contributed by atoms with Gasteiger partial charge in [-0.15, -0.1) is 0 Å². The van der Waals surface area contributed by atoms with Gasteiger partial charge in [-0.1, -0.05) is 28.1 Å². The molecular formula is C18H18BrNO3. The van der Waals surface area contributed by atoms with Crippen molar-refractivity contribution < 1.29 is 14.2 Å². The summed E-state index contributed by atoms with van der Waals surface area (Å²) in [6.45, 7) is 11.9. The van der Waals surface area contributed by atoms with Crippen molar-refractivity contribution in [3.05, 3.63) is 63.9 Å². The Kier molecular flexibility index (Phi) is 6.60. The second-order valence-corrected chi connectivity index (χ2v) is 5.49. The first kappa shape index (κ1) is 17.5. The molecule has 0 saturated carbocycles. The lowest BCUT2D eigenvalue weighted by molar-refractivity contribution is -0.140. The fourth-order valence-electron chi connectivity index (χ4n) is 2.02. The summed E-state index contributed by atoms with van der Waals surface area (Å²) in [5.41, 5.74) is 1.46. The average Bonchev–Trinajstić information content (AvgIpc) is 2.57. The molecule has 0 unspecified atom stereocenters.